The summed E-state index contributed by atoms with van der Waals surface area (Å²) in [5, 5.41) is 0. The molecule has 0 radical (unpaired) electrons. The van der Waals surface area contributed by atoms with Crippen LogP contribution in [0.3, 0.4) is 0 Å². The highest BCUT2D eigenvalue weighted by Gasteiger charge is 2.53. The topological polar surface area (TPSA) is 44.5 Å². The zero-order valence-corrected chi connectivity index (χ0v) is 11.8. The van der Waals surface area contributed by atoms with Crippen LogP contribution < -0.4 is 5.73 Å². The fourth-order valence-electron chi connectivity index (χ4n) is 2.00. The van der Waals surface area contributed by atoms with Crippen molar-refractivity contribution in [3.63, 3.8) is 0 Å². The van der Waals surface area contributed by atoms with Gasteiger partial charge in [0.1, 0.15) is 5.82 Å². The number of benzene rings is 1. The molecule has 0 saturated carbocycles. The number of hydrogen-bond acceptors (Lipinski definition) is 3. The molecule has 20 heavy (non-hydrogen) atoms. The minimum atomic E-state index is -1.29. The third-order valence-corrected chi connectivity index (χ3v) is 3.94. The third-order valence-electron chi connectivity index (χ3n) is 3.94. The van der Waals surface area contributed by atoms with Gasteiger partial charge >= 0.3 is 7.12 Å². The fraction of sp³-hybridized carbons (Fsp3) is 0.538. The predicted octanol–water partition coefficient (Wildman–Crippen LogP) is 2.74. The van der Waals surface area contributed by atoms with Crippen molar-refractivity contribution < 1.29 is 22.5 Å². The lowest BCUT2D eigenvalue weighted by Gasteiger charge is -2.32. The molecule has 1 saturated heterocycles. The summed E-state index contributed by atoms with van der Waals surface area (Å²) < 4.78 is 51.5. The summed E-state index contributed by atoms with van der Waals surface area (Å²) in [7, 11) is -0.976. The molecule has 2 rings (SSSR count). The van der Waals surface area contributed by atoms with E-state index in [1.54, 1.807) is 0 Å². The predicted molar refractivity (Wildman–Crippen MR) is 69.3 cm³/mol. The Morgan fingerprint density at radius 3 is 2.05 bits per heavy atom. The first-order chi connectivity index (χ1) is 9.05. The van der Waals surface area contributed by atoms with Crippen molar-refractivity contribution in [2.75, 3.05) is 0 Å². The maximum absolute atomic E-state index is 13.7. The molecule has 1 aromatic rings. The summed E-state index contributed by atoms with van der Waals surface area (Å²) in [4.78, 5) is 0. The molecule has 0 aliphatic carbocycles. The van der Waals surface area contributed by atoms with E-state index in [9.17, 15) is 13.2 Å². The van der Waals surface area contributed by atoms with Crippen LogP contribution in [-0.4, -0.2) is 18.3 Å². The maximum Gasteiger partial charge on any atom is 0.480 e. The van der Waals surface area contributed by atoms with E-state index >= 15 is 0 Å². The van der Waals surface area contributed by atoms with Gasteiger partial charge in [0.05, 0.1) is 17.1 Å². The Kier molecular flexibility index (Phi) is 3.65. The van der Waals surface area contributed by atoms with Gasteiger partial charge in [0.2, 0.25) is 0 Å². The molecule has 1 atom stereocenters. The molecule has 1 fully saturated rings. The van der Waals surface area contributed by atoms with Gasteiger partial charge in [-0.05, 0) is 33.8 Å². The molecule has 2 N–H and O–H groups in total. The quantitative estimate of drug-likeness (QED) is 0.672. The standard InChI is InChI=1S/C13H17BF3NO2/c1-12(2)13(3,4)20-14(19-12)11(18)8-5-7(15)6-9(16)10(8)17/h5-6,11H,18H2,1-4H3/t11-/m1/s1. The van der Waals surface area contributed by atoms with Crippen LogP contribution >= 0.6 is 0 Å². The summed E-state index contributed by atoms with van der Waals surface area (Å²) in [6, 6.07) is 1.32. The average Bonchev–Trinajstić information content (AvgIpc) is 2.52. The summed E-state index contributed by atoms with van der Waals surface area (Å²) in [5.41, 5.74) is 4.24. The van der Waals surface area contributed by atoms with E-state index in [4.69, 9.17) is 15.0 Å². The molecule has 0 spiro atoms. The van der Waals surface area contributed by atoms with Crippen molar-refractivity contribution >= 4 is 7.12 Å². The van der Waals surface area contributed by atoms with Crippen molar-refractivity contribution in [3.05, 3.63) is 35.1 Å². The van der Waals surface area contributed by atoms with Gasteiger partial charge in [-0.15, -0.1) is 0 Å². The van der Waals surface area contributed by atoms with E-state index in [1.165, 1.54) is 0 Å². The monoisotopic (exact) mass is 287 g/mol. The fourth-order valence-corrected chi connectivity index (χ4v) is 2.00. The van der Waals surface area contributed by atoms with Crippen LogP contribution in [0, 0.1) is 17.5 Å². The Hall–Kier alpha value is -1.05. The Bertz CT molecular complexity index is 521. The zero-order chi connectivity index (χ0) is 15.3. The van der Waals surface area contributed by atoms with E-state index in [0.29, 0.717) is 6.07 Å². The lowest BCUT2D eigenvalue weighted by molar-refractivity contribution is 0.00578. The first kappa shape index (κ1) is 15.3. The van der Waals surface area contributed by atoms with Crippen LogP contribution in [-0.2, 0) is 9.31 Å². The number of hydrogen-bond donors (Lipinski definition) is 1. The molecule has 0 unspecified atom stereocenters. The molecule has 1 aliphatic heterocycles. The van der Waals surface area contributed by atoms with Crippen molar-refractivity contribution in [1.29, 1.82) is 0 Å². The van der Waals surface area contributed by atoms with Crippen LogP contribution in [0.25, 0.3) is 0 Å². The van der Waals surface area contributed by atoms with Crippen molar-refractivity contribution in [1.82, 2.24) is 0 Å². The molecule has 3 nitrogen and oxygen atoms in total. The Balaban J connectivity index is 2.32. The summed E-state index contributed by atoms with van der Waals surface area (Å²) in [5.74, 6) is -4.49. The van der Waals surface area contributed by atoms with E-state index < -0.39 is 41.7 Å². The van der Waals surface area contributed by atoms with Crippen molar-refractivity contribution in [2.24, 2.45) is 5.73 Å². The highest BCUT2D eigenvalue weighted by Crippen LogP contribution is 2.40. The maximum atomic E-state index is 13.7. The molecule has 1 aliphatic rings. The molecule has 7 heteroatoms. The molecule has 0 bridgehead atoms. The highest BCUT2D eigenvalue weighted by atomic mass is 19.2. The smallest absolute Gasteiger partial charge is 0.402 e. The summed E-state index contributed by atoms with van der Waals surface area (Å²) in [6.07, 6.45) is 0. The molecule has 0 aromatic heterocycles. The van der Waals surface area contributed by atoms with Crippen LogP contribution in [0.15, 0.2) is 12.1 Å². The second-order valence-corrected chi connectivity index (χ2v) is 5.94. The van der Waals surface area contributed by atoms with Crippen molar-refractivity contribution in [3.8, 4) is 0 Å². The average molecular weight is 287 g/mol. The van der Waals surface area contributed by atoms with E-state index in [1.807, 2.05) is 27.7 Å². The van der Waals surface area contributed by atoms with Crippen LogP contribution in [0.5, 0.6) is 0 Å². The third kappa shape index (κ3) is 2.45. The summed E-state index contributed by atoms with van der Waals surface area (Å²) in [6.45, 7) is 7.23. The lowest BCUT2D eigenvalue weighted by Crippen LogP contribution is -2.41. The number of halogens is 3. The molecule has 0 amide bonds. The van der Waals surface area contributed by atoms with Crippen LogP contribution in [0.4, 0.5) is 13.2 Å². The minimum absolute atomic E-state index is 0.305. The Morgan fingerprint density at radius 1 is 1.05 bits per heavy atom. The van der Waals surface area contributed by atoms with E-state index in [-0.39, 0.29) is 5.56 Å². The van der Waals surface area contributed by atoms with Crippen LogP contribution in [0.1, 0.15) is 39.2 Å². The normalized spacial score (nSPS) is 22.1. The van der Waals surface area contributed by atoms with Gasteiger partial charge in [-0.3, -0.25) is 0 Å². The second-order valence-electron chi connectivity index (χ2n) is 5.94. The Morgan fingerprint density at radius 2 is 1.55 bits per heavy atom. The van der Waals surface area contributed by atoms with E-state index in [0.717, 1.165) is 6.07 Å². The SMILES string of the molecule is CC1(C)OB([C@H](N)c2cc(F)cc(F)c2F)OC1(C)C. The van der Waals surface area contributed by atoms with E-state index in [2.05, 4.69) is 0 Å². The zero-order valence-electron chi connectivity index (χ0n) is 11.8. The summed E-state index contributed by atoms with van der Waals surface area (Å²) >= 11 is 0. The molecular formula is C13H17BF3NO2. The molecular weight excluding hydrogens is 270 g/mol. The van der Waals surface area contributed by atoms with Crippen molar-refractivity contribution in [2.45, 2.75) is 44.8 Å². The lowest BCUT2D eigenvalue weighted by atomic mass is 9.74. The molecule has 1 aromatic carbocycles. The molecule has 1 heterocycles. The minimum Gasteiger partial charge on any atom is -0.402 e. The van der Waals surface area contributed by atoms with Gasteiger partial charge in [0.25, 0.3) is 0 Å². The number of nitrogens with two attached hydrogens (primary N) is 1. The van der Waals surface area contributed by atoms with Gasteiger partial charge in [-0.2, -0.15) is 0 Å². The van der Waals surface area contributed by atoms with Gasteiger partial charge in [-0.1, -0.05) is 0 Å². The van der Waals surface area contributed by atoms with Gasteiger partial charge in [0.15, 0.2) is 11.6 Å². The first-order valence-corrected chi connectivity index (χ1v) is 6.31. The van der Waals surface area contributed by atoms with Crippen LogP contribution in [0.2, 0.25) is 0 Å². The first-order valence-electron chi connectivity index (χ1n) is 6.31. The second kappa shape index (κ2) is 4.75. The largest absolute Gasteiger partial charge is 0.480 e. The van der Waals surface area contributed by atoms with Gasteiger partial charge in [-0.25, -0.2) is 13.2 Å². The Labute approximate surface area is 116 Å². The molecule has 110 valence electrons. The van der Waals surface area contributed by atoms with Gasteiger partial charge in [0, 0.05) is 11.6 Å². The highest BCUT2D eigenvalue weighted by molar-refractivity contribution is 6.47. The van der Waals surface area contributed by atoms with Gasteiger partial charge < -0.3 is 15.0 Å². The number of rotatable bonds is 2.